The molecule has 11 heteroatoms. The first-order valence-corrected chi connectivity index (χ1v) is 15.0. The van der Waals surface area contributed by atoms with Crippen molar-refractivity contribution < 1.29 is 24.2 Å². The van der Waals surface area contributed by atoms with Crippen molar-refractivity contribution in [1.29, 1.82) is 0 Å². The van der Waals surface area contributed by atoms with Crippen LogP contribution in [0.5, 0.6) is 5.75 Å². The number of fused-ring (bicyclic) bond motifs is 1. The second-order valence-electron chi connectivity index (χ2n) is 12.7. The fourth-order valence-electron chi connectivity index (χ4n) is 7.13. The molecule has 3 atom stereocenters. The van der Waals surface area contributed by atoms with Crippen molar-refractivity contribution >= 4 is 29.4 Å². The molecule has 1 saturated carbocycles. The number of carbonyl (C=O) groups excluding carboxylic acids is 3. The molecule has 3 heterocycles. The number of amides is 2. The molecule has 0 radical (unpaired) electrons. The fourth-order valence-corrected chi connectivity index (χ4v) is 7.30. The number of aromatic nitrogens is 2. The summed E-state index contributed by atoms with van der Waals surface area (Å²) in [7, 11) is 0. The second kappa shape index (κ2) is 11.5. The number of aryl methyl sites for hydroxylation is 3. The lowest BCUT2D eigenvalue weighted by molar-refractivity contribution is -0.158. The lowest BCUT2D eigenvalue weighted by atomic mass is 9.64. The molecule has 3 unspecified atom stereocenters. The van der Waals surface area contributed by atoms with Gasteiger partial charge in [-0.25, -0.2) is 9.97 Å². The quantitative estimate of drug-likeness (QED) is 0.366. The maximum atomic E-state index is 14.1. The van der Waals surface area contributed by atoms with Gasteiger partial charge in [-0.15, -0.1) is 0 Å². The maximum absolute atomic E-state index is 14.1. The number of nitrogens with two attached hydrogens (primary N) is 1. The summed E-state index contributed by atoms with van der Waals surface area (Å²) >= 11 is 6.31. The first-order valence-electron chi connectivity index (χ1n) is 14.6. The number of hydrogen-bond acceptors (Lipinski definition) is 8. The number of likely N-dealkylation sites (tertiary alicyclic amines) is 2. The van der Waals surface area contributed by atoms with E-state index in [1.54, 1.807) is 25.1 Å². The van der Waals surface area contributed by atoms with E-state index in [-0.39, 0.29) is 24.2 Å². The van der Waals surface area contributed by atoms with Gasteiger partial charge in [0.25, 0.3) is 5.91 Å². The Labute approximate surface area is 251 Å². The van der Waals surface area contributed by atoms with Gasteiger partial charge in [0, 0.05) is 43.7 Å². The Morgan fingerprint density at radius 3 is 2.19 bits per heavy atom. The Morgan fingerprint density at radius 1 is 1.05 bits per heavy atom. The Morgan fingerprint density at radius 2 is 1.64 bits per heavy atom. The highest BCUT2D eigenvalue weighted by atomic mass is 35.5. The molecule has 2 aromatic rings. The zero-order chi connectivity index (χ0) is 30.4. The van der Waals surface area contributed by atoms with Crippen molar-refractivity contribution in [2.45, 2.75) is 71.4 Å². The molecule has 1 aliphatic carbocycles. The van der Waals surface area contributed by atoms with E-state index >= 15 is 0 Å². The first-order chi connectivity index (χ1) is 19.8. The summed E-state index contributed by atoms with van der Waals surface area (Å²) in [6.45, 7) is 9.68. The molecule has 1 aromatic heterocycles. The van der Waals surface area contributed by atoms with Crippen LogP contribution in [-0.4, -0.2) is 80.5 Å². The highest BCUT2D eigenvalue weighted by Gasteiger charge is 2.56. The molecule has 42 heavy (non-hydrogen) atoms. The number of carbonyl (C=O) groups is 3. The van der Waals surface area contributed by atoms with Gasteiger partial charge in [-0.2, -0.15) is 0 Å². The molecule has 2 aliphatic heterocycles. The van der Waals surface area contributed by atoms with E-state index in [9.17, 15) is 19.5 Å². The third kappa shape index (κ3) is 5.89. The van der Waals surface area contributed by atoms with E-state index in [0.717, 1.165) is 5.56 Å². The predicted molar refractivity (Wildman–Crippen MR) is 157 cm³/mol. The van der Waals surface area contributed by atoms with Crippen LogP contribution >= 0.6 is 11.6 Å². The number of rotatable bonds is 7. The molecule has 2 amide bonds. The van der Waals surface area contributed by atoms with Crippen LogP contribution in [0.15, 0.2) is 24.5 Å². The Hall–Kier alpha value is -3.08. The van der Waals surface area contributed by atoms with E-state index in [1.165, 1.54) is 6.33 Å². The number of esters is 1. The minimum atomic E-state index is -1.04. The normalized spacial score (nSPS) is 28.4. The van der Waals surface area contributed by atoms with Crippen molar-refractivity contribution in [2.24, 2.45) is 23.0 Å². The van der Waals surface area contributed by atoms with Crippen LogP contribution in [0.25, 0.3) is 0 Å². The van der Waals surface area contributed by atoms with Crippen molar-refractivity contribution in [1.82, 2.24) is 19.8 Å². The Kier molecular flexibility index (Phi) is 8.35. The summed E-state index contributed by atoms with van der Waals surface area (Å²) < 4.78 is 5.95. The van der Waals surface area contributed by atoms with Gasteiger partial charge in [-0.05, 0) is 82.9 Å². The van der Waals surface area contributed by atoms with Crippen molar-refractivity contribution in [3.05, 3.63) is 52.1 Å². The molecule has 0 bridgehead atoms. The summed E-state index contributed by atoms with van der Waals surface area (Å²) in [4.78, 5) is 52.5. The highest BCUT2D eigenvalue weighted by molar-refractivity contribution is 6.31. The minimum Gasteiger partial charge on any atom is -0.426 e. The molecule has 5 rings (SSSR count). The van der Waals surface area contributed by atoms with Gasteiger partial charge in [-0.1, -0.05) is 17.7 Å². The van der Waals surface area contributed by atoms with Gasteiger partial charge in [0.05, 0.1) is 28.0 Å². The first kappa shape index (κ1) is 30.4. The predicted octanol–water partition coefficient (Wildman–Crippen LogP) is 3.22. The minimum absolute atomic E-state index is 0.00622. The molecule has 1 aromatic carbocycles. The molecule has 3 aliphatic rings. The van der Waals surface area contributed by atoms with E-state index in [0.29, 0.717) is 79.6 Å². The van der Waals surface area contributed by atoms with Crippen LogP contribution in [0.4, 0.5) is 0 Å². The summed E-state index contributed by atoms with van der Waals surface area (Å²) in [5, 5.41) is 11.3. The van der Waals surface area contributed by atoms with Gasteiger partial charge >= 0.3 is 5.97 Å². The molecule has 0 spiro atoms. The lowest BCUT2D eigenvalue weighted by Gasteiger charge is -2.48. The molecule has 226 valence electrons. The number of halogens is 1. The van der Waals surface area contributed by atoms with E-state index in [1.807, 2.05) is 25.7 Å². The van der Waals surface area contributed by atoms with E-state index in [2.05, 4.69) is 14.9 Å². The Balaban J connectivity index is 1.38. The van der Waals surface area contributed by atoms with Gasteiger partial charge < -0.3 is 20.5 Å². The van der Waals surface area contributed by atoms with Crippen LogP contribution < -0.4 is 10.5 Å². The largest absolute Gasteiger partial charge is 0.426 e. The average Bonchev–Trinajstić information content (AvgIpc) is 3.49. The van der Waals surface area contributed by atoms with Crippen LogP contribution in [0.1, 0.15) is 66.3 Å². The smallest absolute Gasteiger partial charge is 0.319 e. The number of aliphatic hydroxyl groups is 1. The van der Waals surface area contributed by atoms with Gasteiger partial charge in [0.1, 0.15) is 12.1 Å². The van der Waals surface area contributed by atoms with Crippen LogP contribution in [0, 0.1) is 38.0 Å². The fraction of sp³-hybridized carbons (Fsp3) is 0.581. The second-order valence-corrected chi connectivity index (χ2v) is 13.2. The standard InChI is InChI=1S/C31H40ClN5O5/c1-18-5-6-23(11-24(18)32)42-29(40)31(9-7-30(4,41)8-10-31)25(12-26(33)38)36-13-21-15-37(16-22(21)14-36)28(39)27-19(2)34-17-35-20(27)3/h5-6,11,17,21-22,25,41H,7-10,12-16H2,1-4H3,(H2,33,38). The third-order valence-electron chi connectivity index (χ3n) is 9.69. The van der Waals surface area contributed by atoms with E-state index in [4.69, 9.17) is 22.1 Å². The van der Waals surface area contributed by atoms with Gasteiger partial charge in [-0.3, -0.25) is 19.3 Å². The third-order valence-corrected chi connectivity index (χ3v) is 10.1. The number of primary amides is 1. The highest BCUT2D eigenvalue weighted by Crippen LogP contribution is 2.49. The monoisotopic (exact) mass is 597 g/mol. The summed E-state index contributed by atoms with van der Waals surface area (Å²) in [6, 6.07) is 4.63. The molecule has 3 N–H and O–H groups in total. The lowest BCUT2D eigenvalue weighted by Crippen LogP contribution is -2.57. The van der Waals surface area contributed by atoms with Crippen LogP contribution in [-0.2, 0) is 9.59 Å². The van der Waals surface area contributed by atoms with Crippen LogP contribution in [0.2, 0.25) is 5.02 Å². The molecular formula is C31H40ClN5O5. The van der Waals surface area contributed by atoms with Crippen molar-refractivity contribution in [2.75, 3.05) is 26.2 Å². The number of ether oxygens (including phenoxy) is 1. The van der Waals surface area contributed by atoms with Crippen molar-refractivity contribution in [3.8, 4) is 5.75 Å². The molecular weight excluding hydrogens is 558 g/mol. The SMILES string of the molecule is Cc1ccc(OC(=O)C2(C(CC(N)=O)N3CC4CN(C(=O)c5c(C)ncnc5C)CC4C3)CCC(C)(O)CC2)cc1Cl. The summed E-state index contributed by atoms with van der Waals surface area (Å²) in [5.41, 5.74) is 6.58. The summed E-state index contributed by atoms with van der Waals surface area (Å²) in [5.74, 6) is -0.282. The number of nitrogens with zero attached hydrogens (tertiary/aromatic N) is 4. The zero-order valence-corrected chi connectivity index (χ0v) is 25.5. The Bertz CT molecular complexity index is 1350. The maximum Gasteiger partial charge on any atom is 0.319 e. The molecule has 3 fully saturated rings. The summed E-state index contributed by atoms with van der Waals surface area (Å²) in [6.07, 6.45) is 2.97. The van der Waals surface area contributed by atoms with Crippen molar-refractivity contribution in [3.63, 3.8) is 0 Å². The van der Waals surface area contributed by atoms with Gasteiger partial charge in [0.2, 0.25) is 5.91 Å². The van der Waals surface area contributed by atoms with Crippen LogP contribution in [0.3, 0.4) is 0 Å². The topological polar surface area (TPSA) is 139 Å². The number of hydrogen-bond donors (Lipinski definition) is 2. The zero-order valence-electron chi connectivity index (χ0n) is 24.7. The number of benzene rings is 1. The average molecular weight is 598 g/mol. The van der Waals surface area contributed by atoms with E-state index < -0.39 is 28.9 Å². The van der Waals surface area contributed by atoms with Gasteiger partial charge in [0.15, 0.2) is 0 Å². The molecule has 2 saturated heterocycles. The molecule has 10 nitrogen and oxygen atoms in total.